The van der Waals surface area contributed by atoms with Crippen LogP contribution in [0, 0.1) is 0 Å². The third-order valence-corrected chi connectivity index (χ3v) is 5.25. The Morgan fingerprint density at radius 1 is 1.09 bits per heavy atom. The molecule has 2 aromatic rings. The van der Waals surface area contributed by atoms with E-state index in [1.165, 1.54) is 24.3 Å². The highest BCUT2D eigenvalue weighted by molar-refractivity contribution is 7.93. The SMILES string of the molecule is CC(=O)N(c1ccc(C(C)C)cc1O)S(=O)(=O)c1ccccc1. The van der Waals surface area contributed by atoms with Gasteiger partial charge in [0.1, 0.15) is 11.4 Å². The van der Waals surface area contributed by atoms with E-state index in [-0.39, 0.29) is 22.3 Å². The van der Waals surface area contributed by atoms with Gasteiger partial charge in [-0.2, -0.15) is 4.31 Å². The monoisotopic (exact) mass is 333 g/mol. The molecule has 5 nitrogen and oxygen atoms in total. The van der Waals surface area contributed by atoms with E-state index in [1.807, 2.05) is 13.8 Å². The van der Waals surface area contributed by atoms with Crippen LogP contribution in [0.2, 0.25) is 0 Å². The first kappa shape index (κ1) is 17.0. The molecular weight excluding hydrogens is 314 g/mol. The van der Waals surface area contributed by atoms with E-state index < -0.39 is 15.9 Å². The predicted octanol–water partition coefficient (Wildman–Crippen LogP) is 3.26. The second kappa shape index (κ2) is 6.42. The molecule has 2 rings (SSSR count). The number of sulfonamides is 1. The Balaban J connectivity index is 2.59. The van der Waals surface area contributed by atoms with Crippen molar-refractivity contribution in [3.05, 3.63) is 54.1 Å². The lowest BCUT2D eigenvalue weighted by Crippen LogP contribution is -2.35. The zero-order chi connectivity index (χ0) is 17.2. The highest BCUT2D eigenvalue weighted by atomic mass is 32.2. The van der Waals surface area contributed by atoms with Crippen molar-refractivity contribution in [3.63, 3.8) is 0 Å². The smallest absolute Gasteiger partial charge is 0.271 e. The number of phenolic OH excluding ortho intramolecular Hbond substituents is 1. The largest absolute Gasteiger partial charge is 0.506 e. The van der Waals surface area contributed by atoms with Gasteiger partial charge in [-0.15, -0.1) is 0 Å². The van der Waals surface area contributed by atoms with Gasteiger partial charge in [-0.05, 0) is 35.7 Å². The van der Waals surface area contributed by atoms with E-state index in [9.17, 15) is 18.3 Å². The molecule has 0 aliphatic heterocycles. The van der Waals surface area contributed by atoms with Crippen LogP contribution < -0.4 is 4.31 Å². The molecule has 1 amide bonds. The topological polar surface area (TPSA) is 74.7 Å². The minimum Gasteiger partial charge on any atom is -0.506 e. The molecule has 0 bridgehead atoms. The highest BCUT2D eigenvalue weighted by Gasteiger charge is 2.30. The van der Waals surface area contributed by atoms with Gasteiger partial charge in [0.05, 0.1) is 4.90 Å². The van der Waals surface area contributed by atoms with Crippen molar-refractivity contribution < 1.29 is 18.3 Å². The van der Waals surface area contributed by atoms with E-state index in [2.05, 4.69) is 0 Å². The lowest BCUT2D eigenvalue weighted by molar-refractivity contribution is -0.115. The van der Waals surface area contributed by atoms with Crippen molar-refractivity contribution in [1.82, 2.24) is 0 Å². The molecule has 0 unspecified atom stereocenters. The molecule has 23 heavy (non-hydrogen) atoms. The van der Waals surface area contributed by atoms with Gasteiger partial charge in [-0.3, -0.25) is 4.79 Å². The quantitative estimate of drug-likeness (QED) is 0.932. The molecule has 0 atom stereocenters. The normalized spacial score (nSPS) is 11.5. The fourth-order valence-corrected chi connectivity index (χ4v) is 3.70. The molecule has 0 spiro atoms. The number of hydrogen-bond acceptors (Lipinski definition) is 4. The molecule has 0 aromatic heterocycles. The minimum atomic E-state index is -4.09. The summed E-state index contributed by atoms with van der Waals surface area (Å²) in [6.45, 7) is 5.06. The summed E-state index contributed by atoms with van der Waals surface area (Å²) in [5.74, 6) is -0.765. The maximum atomic E-state index is 12.7. The number of amides is 1. The van der Waals surface area contributed by atoms with Crippen LogP contribution in [0.5, 0.6) is 5.75 Å². The van der Waals surface area contributed by atoms with Gasteiger partial charge in [0.25, 0.3) is 10.0 Å². The van der Waals surface area contributed by atoms with Crippen LogP contribution in [0.25, 0.3) is 0 Å². The van der Waals surface area contributed by atoms with E-state index in [0.717, 1.165) is 12.5 Å². The Kier molecular flexibility index (Phi) is 4.75. The summed E-state index contributed by atoms with van der Waals surface area (Å²) >= 11 is 0. The molecule has 0 radical (unpaired) electrons. The summed E-state index contributed by atoms with van der Waals surface area (Å²) < 4.78 is 26.1. The second-order valence-corrected chi connectivity index (χ2v) is 7.29. The summed E-state index contributed by atoms with van der Waals surface area (Å²) in [5.41, 5.74) is 0.803. The Labute approximate surface area is 136 Å². The van der Waals surface area contributed by atoms with Crippen LogP contribution in [0.1, 0.15) is 32.3 Å². The molecule has 2 aromatic carbocycles. The zero-order valence-electron chi connectivity index (χ0n) is 13.2. The molecule has 6 heteroatoms. The van der Waals surface area contributed by atoms with E-state index in [1.54, 1.807) is 24.3 Å². The first-order chi connectivity index (χ1) is 10.7. The summed E-state index contributed by atoms with van der Waals surface area (Å²) in [6, 6.07) is 12.3. The number of rotatable bonds is 4. The number of benzene rings is 2. The van der Waals surface area contributed by atoms with Gasteiger partial charge in [-0.25, -0.2) is 8.42 Å². The number of phenols is 1. The molecule has 1 N–H and O–H groups in total. The van der Waals surface area contributed by atoms with Crippen molar-refractivity contribution >= 4 is 21.6 Å². The fraction of sp³-hybridized carbons (Fsp3) is 0.235. The van der Waals surface area contributed by atoms with E-state index in [0.29, 0.717) is 4.31 Å². The summed E-state index contributed by atoms with van der Waals surface area (Å²) in [7, 11) is -4.09. The molecule has 0 aliphatic carbocycles. The van der Waals surface area contributed by atoms with Crippen molar-refractivity contribution in [2.45, 2.75) is 31.6 Å². The van der Waals surface area contributed by atoms with Gasteiger partial charge in [0.15, 0.2) is 0 Å². The molecule has 0 aliphatic rings. The van der Waals surface area contributed by atoms with Crippen LogP contribution in [0.3, 0.4) is 0 Å². The van der Waals surface area contributed by atoms with Crippen molar-refractivity contribution in [3.8, 4) is 5.75 Å². The fourth-order valence-electron chi connectivity index (χ4n) is 2.24. The van der Waals surface area contributed by atoms with Gasteiger partial charge < -0.3 is 5.11 Å². The molecule has 0 saturated heterocycles. The van der Waals surface area contributed by atoms with Gasteiger partial charge in [0.2, 0.25) is 5.91 Å². The van der Waals surface area contributed by atoms with Crippen molar-refractivity contribution in [2.75, 3.05) is 4.31 Å². The van der Waals surface area contributed by atoms with Gasteiger partial charge in [0, 0.05) is 6.92 Å². The summed E-state index contributed by atoms with van der Waals surface area (Å²) in [4.78, 5) is 12.0. The Bertz CT molecular complexity index is 814. The third kappa shape index (κ3) is 3.37. The van der Waals surface area contributed by atoms with E-state index >= 15 is 0 Å². The Morgan fingerprint density at radius 2 is 1.70 bits per heavy atom. The first-order valence-electron chi connectivity index (χ1n) is 7.19. The van der Waals surface area contributed by atoms with Crippen molar-refractivity contribution in [2.24, 2.45) is 0 Å². The number of carbonyl (C=O) groups is 1. The van der Waals surface area contributed by atoms with Crippen LogP contribution in [-0.2, 0) is 14.8 Å². The number of nitrogens with zero attached hydrogens (tertiary/aromatic N) is 1. The first-order valence-corrected chi connectivity index (χ1v) is 8.63. The van der Waals surface area contributed by atoms with Crippen LogP contribution in [0.4, 0.5) is 5.69 Å². The predicted molar refractivity (Wildman–Crippen MR) is 89.0 cm³/mol. The lowest BCUT2D eigenvalue weighted by atomic mass is 10.0. The Hall–Kier alpha value is -2.34. The van der Waals surface area contributed by atoms with Crippen LogP contribution in [0.15, 0.2) is 53.4 Å². The maximum absolute atomic E-state index is 12.7. The second-order valence-electron chi connectivity index (χ2n) is 5.50. The third-order valence-electron chi connectivity index (χ3n) is 3.45. The molecule has 0 saturated carbocycles. The number of anilines is 1. The average Bonchev–Trinajstić information content (AvgIpc) is 2.49. The minimum absolute atomic E-state index is 0.0115. The van der Waals surface area contributed by atoms with Crippen LogP contribution in [-0.4, -0.2) is 19.4 Å². The number of aromatic hydroxyl groups is 1. The number of hydrogen-bond donors (Lipinski definition) is 1. The van der Waals surface area contributed by atoms with Gasteiger partial charge in [-0.1, -0.05) is 38.1 Å². The summed E-state index contributed by atoms with van der Waals surface area (Å²) in [6.07, 6.45) is 0. The number of carbonyl (C=O) groups excluding carboxylic acids is 1. The molecular formula is C17H19NO4S. The lowest BCUT2D eigenvalue weighted by Gasteiger charge is -2.22. The summed E-state index contributed by atoms with van der Waals surface area (Å²) in [5, 5.41) is 10.2. The molecule has 0 fully saturated rings. The molecule has 122 valence electrons. The van der Waals surface area contributed by atoms with Crippen LogP contribution >= 0.6 is 0 Å². The van der Waals surface area contributed by atoms with Crippen molar-refractivity contribution in [1.29, 1.82) is 0 Å². The average molecular weight is 333 g/mol. The standard InChI is InChI=1S/C17H19NO4S/c1-12(2)14-9-10-16(17(20)11-14)18(13(3)19)23(21,22)15-7-5-4-6-8-15/h4-12,20H,1-3H3. The highest BCUT2D eigenvalue weighted by Crippen LogP contribution is 2.34. The maximum Gasteiger partial charge on any atom is 0.271 e. The van der Waals surface area contributed by atoms with Gasteiger partial charge >= 0.3 is 0 Å². The Morgan fingerprint density at radius 3 is 2.17 bits per heavy atom. The zero-order valence-corrected chi connectivity index (χ0v) is 14.0. The van der Waals surface area contributed by atoms with E-state index in [4.69, 9.17) is 0 Å². The molecule has 0 heterocycles.